The van der Waals surface area contributed by atoms with E-state index in [1.165, 1.54) is 0 Å². The van der Waals surface area contributed by atoms with Crippen LogP contribution in [0, 0.1) is 17.2 Å². The van der Waals surface area contributed by atoms with Crippen LogP contribution in [0.5, 0.6) is 0 Å². The maximum atomic E-state index is 12.4. The number of hydrogen-bond acceptors (Lipinski definition) is 6. The van der Waals surface area contributed by atoms with Crippen molar-refractivity contribution in [2.45, 2.75) is 38.3 Å². The molecule has 2 aromatic rings. The summed E-state index contributed by atoms with van der Waals surface area (Å²) in [5.41, 5.74) is 13.2. The molecule has 1 saturated heterocycles. The number of nitriles is 1. The highest BCUT2D eigenvalue weighted by Gasteiger charge is 2.28. The van der Waals surface area contributed by atoms with Gasteiger partial charge in [-0.2, -0.15) is 5.26 Å². The van der Waals surface area contributed by atoms with Crippen molar-refractivity contribution in [3.63, 3.8) is 0 Å². The molecular formula is C21H26N6O2. The van der Waals surface area contributed by atoms with Gasteiger partial charge in [0.25, 0.3) is 0 Å². The number of aromatic nitrogens is 1. The second-order valence-corrected chi connectivity index (χ2v) is 7.71. The fourth-order valence-electron chi connectivity index (χ4n) is 3.91. The zero-order valence-electron chi connectivity index (χ0n) is 16.5. The minimum atomic E-state index is -0.756. The Hall–Kier alpha value is -3.18. The van der Waals surface area contributed by atoms with Gasteiger partial charge in [0, 0.05) is 42.8 Å². The smallest absolute Gasteiger partial charge is 0.237 e. The van der Waals surface area contributed by atoms with Gasteiger partial charge in [0.1, 0.15) is 6.07 Å². The number of anilines is 1. The number of nitrogens with two attached hydrogens (primary N) is 2. The van der Waals surface area contributed by atoms with Crippen molar-refractivity contribution in [2.24, 2.45) is 17.4 Å². The molecule has 1 aromatic carbocycles. The summed E-state index contributed by atoms with van der Waals surface area (Å²) >= 11 is 0. The van der Waals surface area contributed by atoms with E-state index >= 15 is 0 Å². The predicted octanol–water partition coefficient (Wildman–Crippen LogP) is 1.03. The van der Waals surface area contributed by atoms with E-state index < -0.39 is 11.9 Å². The van der Waals surface area contributed by atoms with Gasteiger partial charge in [0.05, 0.1) is 17.1 Å². The van der Waals surface area contributed by atoms with Crippen molar-refractivity contribution in [1.29, 1.82) is 5.26 Å². The molecule has 1 fully saturated rings. The van der Waals surface area contributed by atoms with Crippen LogP contribution >= 0.6 is 0 Å². The minimum absolute atomic E-state index is 0.0618. The van der Waals surface area contributed by atoms with Crippen LogP contribution in [-0.4, -0.2) is 42.0 Å². The lowest BCUT2D eigenvalue weighted by Gasteiger charge is -2.39. The Kier molecular flexibility index (Phi) is 6.29. The molecule has 3 atom stereocenters. The summed E-state index contributed by atoms with van der Waals surface area (Å²) in [5.74, 6) is -0.373. The number of carbonyl (C=O) groups excluding carboxylic acids is 2. The largest absolute Gasteiger partial charge is 0.370 e. The molecule has 0 aliphatic carbocycles. The molecule has 1 aliphatic rings. The SMILES string of the molecule is C[C@H]1C[C@@H](NC(=O)C(N)CCC(N)=O)CN(c2ccc(C#N)c3ncccc23)C1. The molecule has 8 nitrogen and oxygen atoms in total. The number of benzene rings is 1. The van der Waals surface area contributed by atoms with Crippen molar-refractivity contribution >= 4 is 28.4 Å². The van der Waals surface area contributed by atoms with Crippen LogP contribution < -0.4 is 21.7 Å². The van der Waals surface area contributed by atoms with E-state index in [4.69, 9.17) is 11.5 Å². The first-order chi connectivity index (χ1) is 13.9. The monoisotopic (exact) mass is 394 g/mol. The molecule has 5 N–H and O–H groups in total. The average Bonchev–Trinajstić information content (AvgIpc) is 2.70. The molecule has 0 spiro atoms. The molecule has 0 bridgehead atoms. The summed E-state index contributed by atoms with van der Waals surface area (Å²) in [6, 6.07) is 8.93. The fraction of sp³-hybridized carbons (Fsp3) is 0.429. The van der Waals surface area contributed by atoms with E-state index in [1.54, 1.807) is 12.3 Å². The third kappa shape index (κ3) is 4.81. The van der Waals surface area contributed by atoms with E-state index in [-0.39, 0.29) is 24.8 Å². The minimum Gasteiger partial charge on any atom is -0.370 e. The van der Waals surface area contributed by atoms with E-state index in [0.717, 1.165) is 24.0 Å². The zero-order valence-corrected chi connectivity index (χ0v) is 16.5. The third-order valence-corrected chi connectivity index (χ3v) is 5.25. The zero-order chi connectivity index (χ0) is 21.0. The number of nitrogens with one attached hydrogen (secondary N) is 1. The summed E-state index contributed by atoms with van der Waals surface area (Å²) in [4.78, 5) is 29.9. The van der Waals surface area contributed by atoms with Crippen LogP contribution in [-0.2, 0) is 9.59 Å². The number of nitrogens with zero attached hydrogens (tertiary/aromatic N) is 3. The fourth-order valence-corrected chi connectivity index (χ4v) is 3.91. The van der Waals surface area contributed by atoms with E-state index in [9.17, 15) is 14.9 Å². The highest BCUT2D eigenvalue weighted by Crippen LogP contribution is 2.31. The second kappa shape index (κ2) is 8.88. The maximum Gasteiger partial charge on any atom is 0.237 e. The Labute approximate surface area is 169 Å². The molecule has 2 heterocycles. The Morgan fingerprint density at radius 1 is 1.38 bits per heavy atom. The lowest BCUT2D eigenvalue weighted by Crippen LogP contribution is -2.54. The molecule has 0 saturated carbocycles. The van der Waals surface area contributed by atoms with Crippen LogP contribution in [0.4, 0.5) is 5.69 Å². The topological polar surface area (TPSA) is 138 Å². The summed E-state index contributed by atoms with van der Waals surface area (Å²) in [6.07, 6.45) is 2.85. The van der Waals surface area contributed by atoms with Gasteiger partial charge in [0.15, 0.2) is 0 Å². The van der Waals surface area contributed by atoms with E-state index in [2.05, 4.69) is 28.2 Å². The first-order valence-corrected chi connectivity index (χ1v) is 9.76. The van der Waals surface area contributed by atoms with Crippen molar-refractivity contribution in [1.82, 2.24) is 10.3 Å². The van der Waals surface area contributed by atoms with Gasteiger partial charge in [-0.1, -0.05) is 6.92 Å². The van der Waals surface area contributed by atoms with Gasteiger partial charge >= 0.3 is 0 Å². The number of pyridine rings is 1. The van der Waals surface area contributed by atoms with Crippen LogP contribution in [0.3, 0.4) is 0 Å². The molecule has 8 heteroatoms. The Balaban J connectivity index is 1.77. The lowest BCUT2D eigenvalue weighted by atomic mass is 9.94. The van der Waals surface area contributed by atoms with Crippen molar-refractivity contribution in [3.05, 3.63) is 36.0 Å². The van der Waals surface area contributed by atoms with Crippen molar-refractivity contribution in [2.75, 3.05) is 18.0 Å². The number of piperidine rings is 1. The van der Waals surface area contributed by atoms with Gasteiger partial charge < -0.3 is 21.7 Å². The number of primary amides is 1. The molecular weight excluding hydrogens is 368 g/mol. The molecule has 1 aromatic heterocycles. The van der Waals surface area contributed by atoms with Gasteiger partial charge in [-0.15, -0.1) is 0 Å². The Morgan fingerprint density at radius 2 is 2.17 bits per heavy atom. The maximum absolute atomic E-state index is 12.4. The molecule has 0 radical (unpaired) electrons. The van der Waals surface area contributed by atoms with Crippen molar-refractivity contribution < 1.29 is 9.59 Å². The predicted molar refractivity (Wildman–Crippen MR) is 111 cm³/mol. The van der Waals surface area contributed by atoms with Gasteiger partial charge in [0.2, 0.25) is 11.8 Å². The molecule has 1 aliphatic heterocycles. The van der Waals surface area contributed by atoms with E-state index in [0.29, 0.717) is 23.5 Å². The number of hydrogen-bond donors (Lipinski definition) is 3. The number of fused-ring (bicyclic) bond motifs is 1. The van der Waals surface area contributed by atoms with Gasteiger partial charge in [-0.3, -0.25) is 14.6 Å². The number of amides is 2. The number of carbonyl (C=O) groups is 2. The quantitative estimate of drug-likeness (QED) is 0.669. The number of rotatable bonds is 6. The first-order valence-electron chi connectivity index (χ1n) is 9.76. The van der Waals surface area contributed by atoms with Gasteiger partial charge in [-0.25, -0.2) is 0 Å². The molecule has 29 heavy (non-hydrogen) atoms. The summed E-state index contributed by atoms with van der Waals surface area (Å²) < 4.78 is 0. The Morgan fingerprint density at radius 3 is 2.90 bits per heavy atom. The normalized spacial score (nSPS) is 20.1. The second-order valence-electron chi connectivity index (χ2n) is 7.71. The van der Waals surface area contributed by atoms with Crippen LogP contribution in [0.2, 0.25) is 0 Å². The third-order valence-electron chi connectivity index (χ3n) is 5.25. The summed E-state index contributed by atoms with van der Waals surface area (Å²) in [5, 5.41) is 13.3. The molecule has 1 unspecified atom stereocenters. The molecule has 2 amide bonds. The highest BCUT2D eigenvalue weighted by molar-refractivity contribution is 5.95. The highest BCUT2D eigenvalue weighted by atomic mass is 16.2. The first kappa shape index (κ1) is 20.6. The van der Waals surface area contributed by atoms with Gasteiger partial charge in [-0.05, 0) is 43.0 Å². The van der Waals surface area contributed by atoms with Crippen LogP contribution in [0.1, 0.15) is 31.7 Å². The van der Waals surface area contributed by atoms with Crippen molar-refractivity contribution in [3.8, 4) is 6.07 Å². The molecule has 152 valence electrons. The lowest BCUT2D eigenvalue weighted by molar-refractivity contribution is -0.123. The Bertz CT molecular complexity index is 954. The summed E-state index contributed by atoms with van der Waals surface area (Å²) in [6.45, 7) is 3.62. The average molecular weight is 394 g/mol. The van der Waals surface area contributed by atoms with Crippen LogP contribution in [0.25, 0.3) is 10.9 Å². The van der Waals surface area contributed by atoms with E-state index in [1.807, 2.05) is 18.2 Å². The standard InChI is InChI=1S/C21H26N6O2/c1-13-9-15(26-21(29)17(23)5-7-19(24)28)12-27(11-13)18-6-4-14(10-22)20-16(18)3-2-8-25-20/h2-4,6,8,13,15,17H,5,7,9,11-12,23H2,1H3,(H2,24,28)(H,26,29)/t13-,15+,17?/m0/s1. The van der Waals surface area contributed by atoms with Crippen LogP contribution in [0.15, 0.2) is 30.5 Å². The molecule has 3 rings (SSSR count). The summed E-state index contributed by atoms with van der Waals surface area (Å²) in [7, 11) is 0.